The molecule has 0 saturated heterocycles. The van der Waals surface area contributed by atoms with Crippen LogP contribution < -0.4 is 5.32 Å². The van der Waals surface area contributed by atoms with Crippen LogP contribution >= 0.6 is 11.6 Å². The van der Waals surface area contributed by atoms with Gasteiger partial charge in [-0.15, -0.1) is 0 Å². The number of benzene rings is 3. The van der Waals surface area contributed by atoms with E-state index in [1.807, 2.05) is 66.7 Å². The van der Waals surface area contributed by atoms with E-state index in [4.69, 9.17) is 21.1 Å². The molecule has 158 valence electrons. The molecule has 1 atom stereocenters. The summed E-state index contributed by atoms with van der Waals surface area (Å²) in [6, 6.07) is 24.7. The Labute approximate surface area is 185 Å². The van der Waals surface area contributed by atoms with Crippen molar-refractivity contribution in [1.82, 2.24) is 5.32 Å². The normalized spacial score (nSPS) is 13.2. The largest absolute Gasteiger partial charge is 0.449 e. The molecule has 0 radical (unpaired) electrons. The smallest absolute Gasteiger partial charge is 0.407 e. The van der Waals surface area contributed by atoms with Crippen LogP contribution in [0.15, 0.2) is 78.9 Å². The molecule has 5 nitrogen and oxygen atoms in total. The van der Waals surface area contributed by atoms with Crippen LogP contribution in [-0.2, 0) is 20.9 Å². The summed E-state index contributed by atoms with van der Waals surface area (Å²) in [5.74, 6) is -0.0577. The molecule has 0 aromatic heterocycles. The Morgan fingerprint density at radius 3 is 2.06 bits per heavy atom. The number of carbonyl (C=O) groups is 2. The van der Waals surface area contributed by atoms with Gasteiger partial charge in [-0.1, -0.05) is 78.9 Å². The zero-order valence-electron chi connectivity index (χ0n) is 16.8. The molecule has 6 heteroatoms. The first-order valence-electron chi connectivity index (χ1n) is 10.1. The molecule has 0 saturated carbocycles. The fourth-order valence-corrected chi connectivity index (χ4v) is 3.93. The maximum Gasteiger partial charge on any atom is 0.407 e. The van der Waals surface area contributed by atoms with Gasteiger partial charge in [0.25, 0.3) is 0 Å². The maximum atomic E-state index is 12.4. The SMILES string of the molecule is O=C(NC(COCc1ccccc1)C(=O)Cl)OCC1c2ccccc2-c2ccccc21. The summed E-state index contributed by atoms with van der Waals surface area (Å²) in [6.45, 7) is 0.434. The Kier molecular flexibility index (Phi) is 6.65. The molecule has 4 rings (SSSR count). The lowest BCUT2D eigenvalue weighted by Gasteiger charge is -2.17. The van der Waals surface area contributed by atoms with Gasteiger partial charge in [-0.05, 0) is 39.4 Å². The molecule has 3 aromatic rings. The van der Waals surface area contributed by atoms with Gasteiger partial charge in [-0.25, -0.2) is 4.79 Å². The number of hydrogen-bond donors (Lipinski definition) is 1. The molecular formula is C25H22ClNO4. The molecule has 0 heterocycles. The average molecular weight is 436 g/mol. The highest BCUT2D eigenvalue weighted by molar-refractivity contribution is 6.64. The summed E-state index contributed by atoms with van der Waals surface area (Å²) >= 11 is 5.64. The van der Waals surface area contributed by atoms with Crippen molar-refractivity contribution in [3.05, 3.63) is 95.6 Å². The van der Waals surface area contributed by atoms with Gasteiger partial charge < -0.3 is 14.8 Å². The predicted molar refractivity (Wildman–Crippen MR) is 119 cm³/mol. The number of alkyl carbamates (subject to hydrolysis) is 1. The van der Waals surface area contributed by atoms with E-state index in [1.54, 1.807) is 0 Å². The molecule has 0 aliphatic heterocycles. The van der Waals surface area contributed by atoms with Crippen molar-refractivity contribution in [1.29, 1.82) is 0 Å². The number of fused-ring (bicyclic) bond motifs is 3. The quantitative estimate of drug-likeness (QED) is 0.512. The number of carbonyl (C=O) groups excluding carboxylic acids is 2. The molecule has 31 heavy (non-hydrogen) atoms. The monoisotopic (exact) mass is 435 g/mol. The minimum Gasteiger partial charge on any atom is -0.449 e. The Bertz CT molecular complexity index is 1020. The summed E-state index contributed by atoms with van der Waals surface area (Å²) in [7, 11) is 0. The van der Waals surface area contributed by atoms with Gasteiger partial charge in [0, 0.05) is 5.92 Å². The molecule has 1 N–H and O–H groups in total. The summed E-state index contributed by atoms with van der Waals surface area (Å²) in [6.07, 6.45) is -0.704. The van der Waals surface area contributed by atoms with Gasteiger partial charge in [0.1, 0.15) is 12.6 Å². The summed E-state index contributed by atoms with van der Waals surface area (Å²) in [5, 5.41) is 1.80. The third kappa shape index (κ3) is 4.95. The van der Waals surface area contributed by atoms with E-state index in [9.17, 15) is 9.59 Å². The van der Waals surface area contributed by atoms with Crippen molar-refractivity contribution < 1.29 is 19.1 Å². The van der Waals surface area contributed by atoms with Crippen molar-refractivity contribution >= 4 is 22.9 Å². The fourth-order valence-electron chi connectivity index (χ4n) is 3.82. The number of nitrogens with one attached hydrogen (secondary N) is 1. The molecule has 3 aromatic carbocycles. The standard InChI is InChI=1S/C25H22ClNO4/c26-24(28)23(16-30-14-17-8-2-1-3-9-17)27-25(29)31-15-22-20-12-6-4-10-18(20)19-11-5-7-13-21(19)22/h1-13,22-23H,14-16H2,(H,27,29). The molecule has 0 spiro atoms. The topological polar surface area (TPSA) is 64.6 Å². The van der Waals surface area contributed by atoms with E-state index in [1.165, 1.54) is 0 Å². The van der Waals surface area contributed by atoms with Crippen molar-refractivity contribution in [2.45, 2.75) is 18.6 Å². The lowest BCUT2D eigenvalue weighted by molar-refractivity contribution is -0.115. The summed E-state index contributed by atoms with van der Waals surface area (Å²) < 4.78 is 11.0. The van der Waals surface area contributed by atoms with Gasteiger partial charge >= 0.3 is 6.09 Å². The molecule has 1 aliphatic carbocycles. The van der Waals surface area contributed by atoms with Crippen LogP contribution in [0.4, 0.5) is 4.79 Å². The summed E-state index contributed by atoms with van der Waals surface area (Å²) in [4.78, 5) is 24.1. The Hall–Kier alpha value is -3.15. The van der Waals surface area contributed by atoms with E-state index in [-0.39, 0.29) is 19.1 Å². The zero-order valence-corrected chi connectivity index (χ0v) is 17.5. The zero-order chi connectivity index (χ0) is 21.6. The minimum absolute atomic E-state index is 0.0403. The highest BCUT2D eigenvalue weighted by Crippen LogP contribution is 2.44. The molecule has 0 fully saturated rings. The predicted octanol–water partition coefficient (Wildman–Crippen LogP) is 4.88. The van der Waals surface area contributed by atoms with Crippen LogP contribution in [0, 0.1) is 0 Å². The lowest BCUT2D eigenvalue weighted by atomic mass is 9.98. The molecular weight excluding hydrogens is 414 g/mol. The van der Waals surface area contributed by atoms with Gasteiger partial charge in [0.05, 0.1) is 13.2 Å². The van der Waals surface area contributed by atoms with E-state index in [0.29, 0.717) is 6.61 Å². The molecule has 1 unspecified atom stereocenters. The van der Waals surface area contributed by atoms with Gasteiger partial charge in [0.2, 0.25) is 5.24 Å². The first-order valence-corrected chi connectivity index (χ1v) is 10.4. The fraction of sp³-hybridized carbons (Fsp3) is 0.200. The van der Waals surface area contributed by atoms with Crippen LogP contribution in [0.1, 0.15) is 22.6 Å². The second-order valence-corrected chi connectivity index (χ2v) is 7.70. The third-order valence-electron chi connectivity index (χ3n) is 5.31. The molecule has 0 bridgehead atoms. The minimum atomic E-state index is -0.985. The lowest BCUT2D eigenvalue weighted by Crippen LogP contribution is -2.42. The number of ether oxygens (including phenoxy) is 2. The van der Waals surface area contributed by atoms with Crippen LogP contribution in [0.25, 0.3) is 11.1 Å². The first kappa shape index (κ1) is 21.1. The Balaban J connectivity index is 1.34. The maximum absolute atomic E-state index is 12.4. The van der Waals surface area contributed by atoms with E-state index < -0.39 is 17.4 Å². The first-order chi connectivity index (χ1) is 15.1. The highest BCUT2D eigenvalue weighted by atomic mass is 35.5. The van der Waals surface area contributed by atoms with Crippen LogP contribution in [0.2, 0.25) is 0 Å². The van der Waals surface area contributed by atoms with Crippen LogP contribution in [-0.4, -0.2) is 30.6 Å². The number of halogens is 1. The van der Waals surface area contributed by atoms with Gasteiger partial charge in [-0.3, -0.25) is 4.79 Å². The van der Waals surface area contributed by atoms with Gasteiger partial charge in [-0.2, -0.15) is 0 Å². The summed E-state index contributed by atoms with van der Waals surface area (Å²) in [5.41, 5.74) is 5.50. The van der Waals surface area contributed by atoms with Crippen molar-refractivity contribution in [2.24, 2.45) is 0 Å². The van der Waals surface area contributed by atoms with Crippen LogP contribution in [0.3, 0.4) is 0 Å². The third-order valence-corrected chi connectivity index (χ3v) is 5.57. The second kappa shape index (κ2) is 9.77. The van der Waals surface area contributed by atoms with E-state index in [0.717, 1.165) is 27.8 Å². The second-order valence-electron chi connectivity index (χ2n) is 7.33. The average Bonchev–Trinajstić information content (AvgIpc) is 3.11. The van der Waals surface area contributed by atoms with Crippen molar-refractivity contribution in [3.8, 4) is 11.1 Å². The van der Waals surface area contributed by atoms with Gasteiger partial charge in [0.15, 0.2) is 0 Å². The Morgan fingerprint density at radius 1 is 0.871 bits per heavy atom. The number of amides is 1. The van der Waals surface area contributed by atoms with Crippen molar-refractivity contribution in [3.63, 3.8) is 0 Å². The van der Waals surface area contributed by atoms with Crippen molar-refractivity contribution in [2.75, 3.05) is 13.2 Å². The highest BCUT2D eigenvalue weighted by Gasteiger charge is 2.29. The van der Waals surface area contributed by atoms with E-state index >= 15 is 0 Å². The number of hydrogen-bond acceptors (Lipinski definition) is 4. The van der Waals surface area contributed by atoms with Crippen LogP contribution in [0.5, 0.6) is 0 Å². The molecule has 1 aliphatic rings. The molecule has 1 amide bonds. The Morgan fingerprint density at radius 2 is 1.45 bits per heavy atom. The number of rotatable bonds is 8. The van der Waals surface area contributed by atoms with E-state index in [2.05, 4.69) is 17.4 Å².